The van der Waals surface area contributed by atoms with E-state index in [9.17, 15) is 13.2 Å². The van der Waals surface area contributed by atoms with Crippen LogP contribution in [0.25, 0.3) is 6.08 Å². The summed E-state index contributed by atoms with van der Waals surface area (Å²) in [5.41, 5.74) is 0.737. The van der Waals surface area contributed by atoms with Crippen LogP contribution in [0.3, 0.4) is 0 Å². The average Bonchev–Trinajstić information content (AvgIpc) is 2.46. The second-order valence-corrected chi connectivity index (χ2v) is 7.34. The van der Waals surface area contributed by atoms with Gasteiger partial charge in [0.1, 0.15) is 0 Å². The first kappa shape index (κ1) is 16.7. The van der Waals surface area contributed by atoms with E-state index in [1.807, 2.05) is 4.72 Å². The van der Waals surface area contributed by atoms with Crippen LogP contribution in [0.4, 0.5) is 0 Å². The molecule has 0 saturated carbocycles. The van der Waals surface area contributed by atoms with Gasteiger partial charge in [-0.1, -0.05) is 39.7 Å². The molecule has 0 unspecified atom stereocenters. The minimum absolute atomic E-state index is 0.0175. The van der Waals surface area contributed by atoms with Gasteiger partial charge in [-0.3, -0.25) is 4.79 Å². The monoisotopic (exact) mass is 399 g/mol. The zero-order valence-electron chi connectivity index (χ0n) is 11.2. The van der Waals surface area contributed by atoms with Crippen molar-refractivity contribution < 1.29 is 13.2 Å². The van der Waals surface area contributed by atoms with E-state index >= 15 is 0 Å². The Labute approximate surface area is 142 Å². The van der Waals surface area contributed by atoms with Gasteiger partial charge >= 0.3 is 0 Å². The highest BCUT2D eigenvalue weighted by Gasteiger charge is 2.15. The molecule has 0 bridgehead atoms. The van der Waals surface area contributed by atoms with Gasteiger partial charge in [0.05, 0.1) is 4.90 Å². The van der Waals surface area contributed by atoms with Crippen molar-refractivity contribution in [1.29, 1.82) is 0 Å². The molecule has 1 N–H and O–H groups in total. The van der Waals surface area contributed by atoms with E-state index in [0.717, 1.165) is 16.1 Å². The summed E-state index contributed by atoms with van der Waals surface area (Å²) in [6, 6.07) is 12.8. The van der Waals surface area contributed by atoms with Crippen molar-refractivity contribution >= 4 is 49.5 Å². The van der Waals surface area contributed by atoms with Crippen molar-refractivity contribution in [2.24, 2.45) is 0 Å². The first-order valence-corrected chi connectivity index (χ1v) is 8.78. The third-order valence-corrected chi connectivity index (χ3v) is 4.80. The topological polar surface area (TPSA) is 63.2 Å². The lowest BCUT2D eigenvalue weighted by Gasteiger charge is -2.04. The van der Waals surface area contributed by atoms with E-state index in [2.05, 4.69) is 15.9 Å². The summed E-state index contributed by atoms with van der Waals surface area (Å²) in [7, 11) is -3.88. The highest BCUT2D eigenvalue weighted by molar-refractivity contribution is 9.10. The Morgan fingerprint density at radius 3 is 2.23 bits per heavy atom. The number of amides is 1. The predicted octanol–water partition coefficient (Wildman–Crippen LogP) is 3.62. The fraction of sp³-hybridized carbons (Fsp3) is 0. The van der Waals surface area contributed by atoms with E-state index in [1.54, 1.807) is 36.4 Å². The largest absolute Gasteiger partial charge is 0.269 e. The summed E-state index contributed by atoms with van der Waals surface area (Å²) in [5, 5.41) is 0.583. The Bertz CT molecular complexity index is 800. The molecular weight excluding hydrogens is 390 g/mol. The number of hydrogen-bond donors (Lipinski definition) is 1. The van der Waals surface area contributed by atoms with Gasteiger partial charge in [-0.2, -0.15) is 0 Å². The maximum Gasteiger partial charge on any atom is 0.264 e. The smallest absolute Gasteiger partial charge is 0.264 e. The number of nitrogens with one attached hydrogen (secondary N) is 1. The lowest BCUT2D eigenvalue weighted by molar-refractivity contribution is -0.114. The van der Waals surface area contributed by atoms with E-state index in [4.69, 9.17) is 11.6 Å². The number of benzene rings is 2. The summed E-state index contributed by atoms with van der Waals surface area (Å²) in [4.78, 5) is 11.7. The molecule has 0 radical (unpaired) electrons. The number of rotatable bonds is 4. The molecule has 4 nitrogen and oxygen atoms in total. The second kappa shape index (κ2) is 7.09. The van der Waals surface area contributed by atoms with Crippen molar-refractivity contribution in [1.82, 2.24) is 4.72 Å². The zero-order valence-corrected chi connectivity index (χ0v) is 14.3. The number of hydrogen-bond acceptors (Lipinski definition) is 3. The molecule has 7 heteroatoms. The molecule has 114 valence electrons. The molecule has 0 aliphatic heterocycles. The van der Waals surface area contributed by atoms with Gasteiger partial charge in [0, 0.05) is 15.6 Å². The zero-order chi connectivity index (χ0) is 16.2. The molecule has 2 aromatic rings. The normalized spacial score (nSPS) is 11.5. The summed E-state index contributed by atoms with van der Waals surface area (Å²) in [6.07, 6.45) is 2.66. The second-order valence-electron chi connectivity index (χ2n) is 4.31. The van der Waals surface area contributed by atoms with E-state index in [1.165, 1.54) is 18.2 Å². The Balaban J connectivity index is 2.07. The van der Waals surface area contributed by atoms with Gasteiger partial charge in [-0.15, -0.1) is 0 Å². The first-order chi connectivity index (χ1) is 10.4. The molecule has 0 aliphatic carbocycles. The predicted molar refractivity (Wildman–Crippen MR) is 90.0 cm³/mol. The molecule has 0 aromatic heterocycles. The van der Waals surface area contributed by atoms with Crippen molar-refractivity contribution in [2.75, 3.05) is 0 Å². The van der Waals surface area contributed by atoms with Gasteiger partial charge in [0.25, 0.3) is 15.9 Å². The molecule has 0 aliphatic rings. The third kappa shape index (κ3) is 4.69. The van der Waals surface area contributed by atoms with E-state index in [0.29, 0.717) is 5.02 Å². The fourth-order valence-electron chi connectivity index (χ4n) is 1.58. The summed E-state index contributed by atoms with van der Waals surface area (Å²) < 4.78 is 26.8. The highest BCUT2D eigenvalue weighted by Crippen LogP contribution is 2.14. The molecule has 0 spiro atoms. The molecule has 1 amide bonds. The van der Waals surface area contributed by atoms with Crippen LogP contribution < -0.4 is 4.72 Å². The lowest BCUT2D eigenvalue weighted by Crippen LogP contribution is -2.28. The van der Waals surface area contributed by atoms with Crippen LogP contribution in [-0.4, -0.2) is 14.3 Å². The quantitative estimate of drug-likeness (QED) is 0.797. The molecule has 0 saturated heterocycles. The van der Waals surface area contributed by atoms with Crippen LogP contribution in [0.2, 0.25) is 5.02 Å². The Hall–Kier alpha value is -1.63. The van der Waals surface area contributed by atoms with Crippen LogP contribution in [-0.2, 0) is 14.8 Å². The summed E-state index contributed by atoms with van der Waals surface area (Å²) in [6.45, 7) is 0. The van der Waals surface area contributed by atoms with Crippen LogP contribution in [0.15, 0.2) is 64.0 Å². The minimum atomic E-state index is -3.88. The number of sulfonamides is 1. The SMILES string of the molecule is O=C(C=Cc1ccc(Cl)cc1)NS(=O)(=O)c1ccc(Br)cc1. The first-order valence-electron chi connectivity index (χ1n) is 6.13. The summed E-state index contributed by atoms with van der Waals surface area (Å²) >= 11 is 8.97. The molecule has 0 atom stereocenters. The Morgan fingerprint density at radius 2 is 1.64 bits per heavy atom. The van der Waals surface area contributed by atoms with Gasteiger partial charge in [0.2, 0.25) is 0 Å². The average molecular weight is 401 g/mol. The third-order valence-electron chi connectivity index (χ3n) is 2.66. The highest BCUT2D eigenvalue weighted by atomic mass is 79.9. The number of carbonyl (C=O) groups excluding carboxylic acids is 1. The van der Waals surface area contributed by atoms with Gasteiger partial charge in [-0.25, -0.2) is 13.1 Å². The van der Waals surface area contributed by atoms with Crippen molar-refractivity contribution in [3.05, 3.63) is 69.7 Å². The Morgan fingerprint density at radius 1 is 1.05 bits per heavy atom. The van der Waals surface area contributed by atoms with E-state index in [-0.39, 0.29) is 4.90 Å². The van der Waals surface area contributed by atoms with Crippen LogP contribution in [0.5, 0.6) is 0 Å². The van der Waals surface area contributed by atoms with Crippen molar-refractivity contribution in [3.8, 4) is 0 Å². The van der Waals surface area contributed by atoms with Crippen LogP contribution in [0, 0.1) is 0 Å². The molecule has 0 heterocycles. The maximum atomic E-state index is 12.0. The van der Waals surface area contributed by atoms with Gasteiger partial charge in [-0.05, 0) is 48.0 Å². The van der Waals surface area contributed by atoms with Crippen molar-refractivity contribution in [3.63, 3.8) is 0 Å². The van der Waals surface area contributed by atoms with Crippen LogP contribution in [0.1, 0.15) is 5.56 Å². The standard InChI is InChI=1S/C15H11BrClNO3S/c16-12-4-8-14(9-5-12)22(20,21)18-15(19)10-3-11-1-6-13(17)7-2-11/h1-10H,(H,18,19). The van der Waals surface area contributed by atoms with Crippen molar-refractivity contribution in [2.45, 2.75) is 4.90 Å². The molecule has 2 aromatic carbocycles. The number of halogens is 2. The van der Waals surface area contributed by atoms with E-state index < -0.39 is 15.9 Å². The lowest BCUT2D eigenvalue weighted by atomic mass is 10.2. The summed E-state index contributed by atoms with van der Waals surface area (Å²) in [5.74, 6) is -0.724. The molecule has 22 heavy (non-hydrogen) atoms. The Kier molecular flexibility index (Phi) is 5.39. The van der Waals surface area contributed by atoms with Gasteiger partial charge < -0.3 is 0 Å². The maximum absolute atomic E-state index is 12.0. The van der Waals surface area contributed by atoms with Gasteiger partial charge in [0.15, 0.2) is 0 Å². The van der Waals surface area contributed by atoms with Crippen LogP contribution >= 0.6 is 27.5 Å². The molecular formula is C15H11BrClNO3S. The fourth-order valence-corrected chi connectivity index (χ4v) is 2.92. The molecule has 0 fully saturated rings. The number of carbonyl (C=O) groups is 1. The molecule has 2 rings (SSSR count). The minimum Gasteiger partial charge on any atom is -0.269 e.